The number of rotatable bonds is 4. The van der Waals surface area contributed by atoms with Gasteiger partial charge >= 0.3 is 0 Å². The Kier molecular flexibility index (Phi) is 3.96. The van der Waals surface area contributed by atoms with Crippen LogP contribution in [0.25, 0.3) is 11.3 Å². The zero-order chi connectivity index (χ0) is 16.4. The van der Waals surface area contributed by atoms with E-state index in [4.69, 9.17) is 4.74 Å². The Morgan fingerprint density at radius 3 is 2.17 bits per heavy atom. The number of ether oxygens (including phenoxy) is 1. The summed E-state index contributed by atoms with van der Waals surface area (Å²) < 4.78 is 32.6. The molecule has 2 aromatic carbocycles. The van der Waals surface area contributed by atoms with E-state index in [1.807, 2.05) is 37.3 Å². The van der Waals surface area contributed by atoms with E-state index in [2.05, 4.69) is 0 Å². The number of hydrogen-bond donors (Lipinski definition) is 0. The zero-order valence-corrected chi connectivity index (χ0v) is 13.7. The molecule has 0 amide bonds. The minimum Gasteiger partial charge on any atom is -0.494 e. The lowest BCUT2D eigenvalue weighted by molar-refractivity contribution is 0.417. The first-order valence-corrected chi connectivity index (χ1v) is 8.61. The average molecular weight is 327 g/mol. The highest BCUT2D eigenvalue weighted by Crippen LogP contribution is 2.33. The minimum atomic E-state index is -3.69. The molecule has 0 N–H and O–H groups in total. The number of methoxy groups -OCH3 is 1. The fourth-order valence-electron chi connectivity index (χ4n) is 2.45. The summed E-state index contributed by atoms with van der Waals surface area (Å²) in [4.78, 5) is 0.249. The lowest BCUT2D eigenvalue weighted by Gasteiger charge is -2.12. The van der Waals surface area contributed by atoms with Crippen LogP contribution in [-0.4, -0.2) is 19.5 Å². The Hall–Kier alpha value is -2.53. The molecule has 5 heteroatoms. The van der Waals surface area contributed by atoms with Crippen molar-refractivity contribution in [2.24, 2.45) is 0 Å². The zero-order valence-electron chi connectivity index (χ0n) is 12.9. The molecule has 118 valence electrons. The van der Waals surface area contributed by atoms with Crippen LogP contribution in [0.15, 0.2) is 71.8 Å². The first-order valence-electron chi connectivity index (χ1n) is 7.17. The number of aryl methyl sites for hydroxylation is 1. The summed E-state index contributed by atoms with van der Waals surface area (Å²) in [6.45, 7) is 1.92. The standard InChI is InChI=1S/C18H17NO3S/c1-14-8-10-16(11-9-14)23(20,21)19-13-12-17(22-2)18(19)15-6-4-3-5-7-15/h3-13H,1-2H3. The van der Waals surface area contributed by atoms with Crippen LogP contribution in [0.5, 0.6) is 5.75 Å². The second kappa shape index (κ2) is 5.93. The van der Waals surface area contributed by atoms with E-state index in [0.717, 1.165) is 11.1 Å². The highest BCUT2D eigenvalue weighted by atomic mass is 32.2. The van der Waals surface area contributed by atoms with Gasteiger partial charge in [0, 0.05) is 11.8 Å². The number of benzene rings is 2. The van der Waals surface area contributed by atoms with Crippen molar-refractivity contribution in [3.05, 3.63) is 72.4 Å². The largest absolute Gasteiger partial charge is 0.494 e. The van der Waals surface area contributed by atoms with Crippen LogP contribution < -0.4 is 4.74 Å². The summed E-state index contributed by atoms with van der Waals surface area (Å²) in [6.07, 6.45) is 1.52. The summed E-state index contributed by atoms with van der Waals surface area (Å²) in [7, 11) is -2.15. The van der Waals surface area contributed by atoms with Crippen LogP contribution in [0.1, 0.15) is 5.56 Å². The molecule has 1 aromatic heterocycles. The highest BCUT2D eigenvalue weighted by Gasteiger charge is 2.23. The molecule has 4 nitrogen and oxygen atoms in total. The van der Waals surface area contributed by atoms with Gasteiger partial charge in [0.2, 0.25) is 0 Å². The van der Waals surface area contributed by atoms with Gasteiger partial charge in [-0.25, -0.2) is 12.4 Å². The fourth-order valence-corrected chi connectivity index (χ4v) is 3.82. The van der Waals surface area contributed by atoms with Crippen LogP contribution in [0.3, 0.4) is 0 Å². The molecule has 0 aliphatic rings. The summed E-state index contributed by atoms with van der Waals surface area (Å²) in [5, 5.41) is 0. The van der Waals surface area contributed by atoms with Gasteiger partial charge in [0.1, 0.15) is 11.4 Å². The van der Waals surface area contributed by atoms with Crippen molar-refractivity contribution in [3.63, 3.8) is 0 Å². The van der Waals surface area contributed by atoms with Gasteiger partial charge in [-0.1, -0.05) is 48.0 Å². The first kappa shape index (κ1) is 15.4. The lowest BCUT2D eigenvalue weighted by atomic mass is 10.1. The maximum Gasteiger partial charge on any atom is 0.268 e. The van der Waals surface area contributed by atoms with Gasteiger partial charge in [0.05, 0.1) is 12.0 Å². The Balaban J connectivity index is 2.21. The maximum atomic E-state index is 13.0. The molecule has 0 spiro atoms. The Labute approximate surface area is 136 Å². The van der Waals surface area contributed by atoms with Crippen molar-refractivity contribution in [2.45, 2.75) is 11.8 Å². The molecule has 3 rings (SSSR count). The third-order valence-electron chi connectivity index (χ3n) is 3.66. The van der Waals surface area contributed by atoms with Crippen LogP contribution in [0, 0.1) is 6.92 Å². The molecule has 0 saturated carbocycles. The minimum absolute atomic E-state index is 0.249. The third-order valence-corrected chi connectivity index (χ3v) is 5.35. The van der Waals surface area contributed by atoms with E-state index < -0.39 is 10.0 Å². The van der Waals surface area contributed by atoms with Gasteiger partial charge < -0.3 is 4.74 Å². The molecule has 0 bridgehead atoms. The second-order valence-electron chi connectivity index (χ2n) is 5.21. The monoisotopic (exact) mass is 327 g/mol. The smallest absolute Gasteiger partial charge is 0.268 e. The number of nitrogens with zero attached hydrogens (tertiary/aromatic N) is 1. The molecule has 1 heterocycles. The SMILES string of the molecule is COc1ccn(S(=O)(=O)c2ccc(C)cc2)c1-c1ccccc1. The van der Waals surface area contributed by atoms with Crippen LogP contribution >= 0.6 is 0 Å². The Bertz CT molecular complexity index is 911. The lowest BCUT2D eigenvalue weighted by Crippen LogP contribution is -2.13. The van der Waals surface area contributed by atoms with Gasteiger partial charge in [-0.05, 0) is 25.1 Å². The van der Waals surface area contributed by atoms with Gasteiger partial charge in [-0.3, -0.25) is 0 Å². The number of hydrogen-bond acceptors (Lipinski definition) is 3. The van der Waals surface area contributed by atoms with Gasteiger partial charge in [-0.2, -0.15) is 0 Å². The molecular weight excluding hydrogens is 310 g/mol. The summed E-state index contributed by atoms with van der Waals surface area (Å²) in [5.41, 5.74) is 2.32. The van der Waals surface area contributed by atoms with Gasteiger partial charge in [-0.15, -0.1) is 0 Å². The summed E-state index contributed by atoms with van der Waals surface area (Å²) >= 11 is 0. The van der Waals surface area contributed by atoms with Gasteiger partial charge in [0.15, 0.2) is 0 Å². The average Bonchev–Trinajstić information content (AvgIpc) is 3.01. The van der Waals surface area contributed by atoms with Crippen LogP contribution in [0.4, 0.5) is 0 Å². The first-order chi connectivity index (χ1) is 11.0. The molecular formula is C18H17NO3S. The normalized spacial score (nSPS) is 11.4. The van der Waals surface area contributed by atoms with Crippen LogP contribution in [0.2, 0.25) is 0 Å². The summed E-state index contributed by atoms with van der Waals surface area (Å²) in [6, 6.07) is 17.8. The molecule has 0 unspecified atom stereocenters. The Morgan fingerprint density at radius 2 is 1.57 bits per heavy atom. The van der Waals surface area contributed by atoms with E-state index >= 15 is 0 Å². The maximum absolute atomic E-state index is 13.0. The highest BCUT2D eigenvalue weighted by molar-refractivity contribution is 7.90. The molecule has 23 heavy (non-hydrogen) atoms. The van der Waals surface area contributed by atoms with Crippen molar-refractivity contribution in [1.29, 1.82) is 0 Å². The second-order valence-corrected chi connectivity index (χ2v) is 7.03. The van der Waals surface area contributed by atoms with Crippen LogP contribution in [-0.2, 0) is 10.0 Å². The van der Waals surface area contributed by atoms with E-state index in [-0.39, 0.29) is 4.90 Å². The molecule has 0 radical (unpaired) electrons. The van der Waals surface area contributed by atoms with Crippen molar-refractivity contribution in [1.82, 2.24) is 3.97 Å². The van der Waals surface area contributed by atoms with Gasteiger partial charge in [0.25, 0.3) is 10.0 Å². The van der Waals surface area contributed by atoms with Crippen molar-refractivity contribution in [3.8, 4) is 17.0 Å². The predicted octanol–water partition coefficient (Wildman–Crippen LogP) is 3.71. The predicted molar refractivity (Wildman–Crippen MR) is 90.2 cm³/mol. The van der Waals surface area contributed by atoms with Crippen molar-refractivity contribution >= 4 is 10.0 Å². The molecule has 0 saturated heterocycles. The van der Waals surface area contributed by atoms with E-state index in [1.54, 1.807) is 30.3 Å². The number of aromatic nitrogens is 1. The van der Waals surface area contributed by atoms with E-state index in [0.29, 0.717) is 11.4 Å². The fraction of sp³-hybridized carbons (Fsp3) is 0.111. The molecule has 0 aliphatic heterocycles. The Morgan fingerprint density at radius 1 is 0.913 bits per heavy atom. The molecule has 0 atom stereocenters. The van der Waals surface area contributed by atoms with E-state index in [9.17, 15) is 8.42 Å². The molecule has 3 aromatic rings. The van der Waals surface area contributed by atoms with Crippen molar-refractivity contribution < 1.29 is 13.2 Å². The molecule has 0 aliphatic carbocycles. The van der Waals surface area contributed by atoms with Crippen molar-refractivity contribution in [2.75, 3.05) is 7.11 Å². The summed E-state index contributed by atoms with van der Waals surface area (Å²) in [5.74, 6) is 0.520. The topological polar surface area (TPSA) is 48.3 Å². The van der Waals surface area contributed by atoms with E-state index in [1.165, 1.54) is 17.3 Å². The molecule has 0 fully saturated rings. The quantitative estimate of drug-likeness (QED) is 0.734. The third kappa shape index (κ3) is 2.75.